The number of pyridine rings is 1. The van der Waals surface area contributed by atoms with Crippen molar-refractivity contribution in [2.45, 2.75) is 13.2 Å². The van der Waals surface area contributed by atoms with Crippen molar-refractivity contribution >= 4 is 11.9 Å². The maximum Gasteiger partial charge on any atom is 0.357 e. The van der Waals surface area contributed by atoms with E-state index in [9.17, 15) is 9.59 Å². The van der Waals surface area contributed by atoms with Gasteiger partial charge in [-0.05, 0) is 47.5 Å². The monoisotopic (exact) mass is 639 g/mol. The van der Waals surface area contributed by atoms with Crippen LogP contribution >= 0.6 is 0 Å². The van der Waals surface area contributed by atoms with Crippen molar-refractivity contribution in [2.75, 3.05) is 79.3 Å². The molecule has 0 spiro atoms. The fourth-order valence-corrected chi connectivity index (χ4v) is 4.34. The first-order valence-corrected chi connectivity index (χ1v) is 15.0. The van der Waals surface area contributed by atoms with Gasteiger partial charge in [-0.15, -0.1) is 0 Å². The number of hydrogen-bond donors (Lipinski definition) is 0. The molecule has 46 heavy (non-hydrogen) atoms. The number of hydrogen-bond acceptors (Lipinski definition) is 13. The molecule has 0 fully saturated rings. The molecule has 0 unspecified atom stereocenters. The first kappa shape index (κ1) is 32.9. The summed E-state index contributed by atoms with van der Waals surface area (Å²) < 4.78 is 57.3. The summed E-state index contributed by atoms with van der Waals surface area (Å²) in [6.07, 6.45) is 0. The lowest BCUT2D eigenvalue weighted by atomic mass is 10.2. The van der Waals surface area contributed by atoms with Crippen molar-refractivity contribution in [3.05, 3.63) is 77.1 Å². The Balaban J connectivity index is 1.39. The van der Waals surface area contributed by atoms with Crippen LogP contribution in [0.5, 0.6) is 23.0 Å². The zero-order valence-corrected chi connectivity index (χ0v) is 25.4. The fourth-order valence-electron chi connectivity index (χ4n) is 4.34. The Bertz CT molecular complexity index is 1330. The normalized spacial score (nSPS) is 18.0. The highest BCUT2D eigenvalue weighted by molar-refractivity contribution is 5.91. The standard InChI is InChI=1S/C33H37NO12/c35-32-26-2-1-3-27(34-26)33(36)46-23-25-5-7-29-31(21-25)44-19-15-40-11-9-37-12-16-41-28-6-4-24(22-45-32)20-30(28)43-18-14-39-10-8-38-13-17-42-29/h1-7,20-21H,8-19,22-23H2. The number of ether oxygens (including phenoxy) is 10. The van der Waals surface area contributed by atoms with Crippen LogP contribution in [0.15, 0.2) is 54.6 Å². The molecular formula is C33H37NO12. The molecule has 5 aliphatic heterocycles. The van der Waals surface area contributed by atoms with Gasteiger partial charge in [0.25, 0.3) is 0 Å². The van der Waals surface area contributed by atoms with Crippen LogP contribution in [-0.4, -0.2) is 96.2 Å². The molecule has 0 atom stereocenters. The third-order valence-electron chi connectivity index (χ3n) is 6.61. The molecule has 0 aliphatic carbocycles. The summed E-state index contributed by atoms with van der Waals surface area (Å²) in [5.41, 5.74) is 1.26. The molecule has 3 aromatic rings. The average molecular weight is 640 g/mol. The van der Waals surface area contributed by atoms with E-state index in [0.29, 0.717) is 87.0 Å². The minimum absolute atomic E-state index is 0.0331. The van der Waals surface area contributed by atoms with E-state index in [1.54, 1.807) is 36.4 Å². The second-order valence-corrected chi connectivity index (χ2v) is 9.97. The third-order valence-corrected chi connectivity index (χ3v) is 6.61. The number of rotatable bonds is 0. The van der Waals surface area contributed by atoms with Gasteiger partial charge in [-0.2, -0.15) is 0 Å². The molecule has 0 saturated carbocycles. The van der Waals surface area contributed by atoms with Gasteiger partial charge in [-0.1, -0.05) is 18.2 Å². The van der Waals surface area contributed by atoms with Crippen molar-refractivity contribution in [3.63, 3.8) is 0 Å². The van der Waals surface area contributed by atoms with Crippen molar-refractivity contribution in [1.29, 1.82) is 0 Å². The second kappa shape index (κ2) is 17.9. The molecule has 8 rings (SSSR count). The molecule has 13 heteroatoms. The summed E-state index contributed by atoms with van der Waals surface area (Å²) in [5, 5.41) is 0. The smallest absolute Gasteiger partial charge is 0.357 e. The van der Waals surface area contributed by atoms with E-state index in [4.69, 9.17) is 47.4 Å². The van der Waals surface area contributed by atoms with Gasteiger partial charge in [0.1, 0.15) is 51.0 Å². The third kappa shape index (κ3) is 10.3. The molecule has 0 amide bonds. The topological polar surface area (TPSA) is 139 Å². The molecule has 13 nitrogen and oxygen atoms in total. The molecule has 0 saturated heterocycles. The van der Waals surface area contributed by atoms with Gasteiger partial charge in [-0.25, -0.2) is 14.6 Å². The lowest BCUT2D eigenvalue weighted by Gasteiger charge is -2.16. The lowest BCUT2D eigenvalue weighted by molar-refractivity contribution is 0.0222. The number of carbonyl (C=O) groups excluding carboxylic acids is 2. The quantitative estimate of drug-likeness (QED) is 0.332. The predicted molar refractivity (Wildman–Crippen MR) is 161 cm³/mol. The van der Waals surface area contributed by atoms with Crippen LogP contribution in [0.3, 0.4) is 0 Å². The van der Waals surface area contributed by atoms with E-state index >= 15 is 0 Å². The summed E-state index contributed by atoms with van der Waals surface area (Å²) in [7, 11) is 0. The van der Waals surface area contributed by atoms with Gasteiger partial charge >= 0.3 is 11.9 Å². The van der Waals surface area contributed by atoms with Crippen molar-refractivity contribution in [1.82, 2.24) is 4.98 Å². The SMILES string of the molecule is O=C1OCc2ccc3c(c2)OCCOCCOCCOc2ccc(cc2OCCOCCOCCO3)COC(=O)c2cccc1n2. The highest BCUT2D eigenvalue weighted by Gasteiger charge is 2.17. The van der Waals surface area contributed by atoms with Crippen molar-refractivity contribution < 1.29 is 57.0 Å². The lowest BCUT2D eigenvalue weighted by Crippen LogP contribution is -2.16. The van der Waals surface area contributed by atoms with Crippen LogP contribution in [-0.2, 0) is 41.6 Å². The van der Waals surface area contributed by atoms with Crippen LogP contribution < -0.4 is 18.9 Å². The zero-order chi connectivity index (χ0) is 31.8. The fraction of sp³-hybridized carbons (Fsp3) is 0.424. The maximum atomic E-state index is 12.8. The Morgan fingerprint density at radius 2 is 0.783 bits per heavy atom. The molecule has 1 aromatic heterocycles. The Kier molecular flexibility index (Phi) is 12.8. The van der Waals surface area contributed by atoms with Crippen molar-refractivity contribution in [3.8, 4) is 23.0 Å². The van der Waals surface area contributed by atoms with E-state index in [-0.39, 0.29) is 51.0 Å². The summed E-state index contributed by atoms with van der Waals surface area (Å²) in [4.78, 5) is 29.9. The first-order valence-electron chi connectivity index (χ1n) is 15.0. The van der Waals surface area contributed by atoms with Gasteiger partial charge in [0.05, 0.1) is 52.9 Å². The molecule has 8 bridgehead atoms. The van der Waals surface area contributed by atoms with E-state index in [1.165, 1.54) is 18.2 Å². The first-order chi connectivity index (χ1) is 22.7. The van der Waals surface area contributed by atoms with Gasteiger partial charge in [0, 0.05) is 0 Å². The number of benzene rings is 2. The van der Waals surface area contributed by atoms with E-state index in [2.05, 4.69) is 4.98 Å². The summed E-state index contributed by atoms with van der Waals surface area (Å²) >= 11 is 0. The van der Waals surface area contributed by atoms with Gasteiger partial charge in [0.15, 0.2) is 23.0 Å². The zero-order valence-electron chi connectivity index (χ0n) is 25.4. The summed E-state index contributed by atoms with van der Waals surface area (Å²) in [6, 6.07) is 14.9. The number of nitrogens with zero attached hydrogens (tertiary/aromatic N) is 1. The summed E-state index contributed by atoms with van der Waals surface area (Å²) in [5.74, 6) is 0.522. The van der Waals surface area contributed by atoms with E-state index < -0.39 is 11.9 Å². The van der Waals surface area contributed by atoms with E-state index in [1.807, 2.05) is 0 Å². The van der Waals surface area contributed by atoms with Crippen LogP contribution in [0.4, 0.5) is 0 Å². The predicted octanol–water partition coefficient (Wildman–Crippen LogP) is 3.40. The van der Waals surface area contributed by atoms with E-state index in [0.717, 1.165) is 0 Å². The summed E-state index contributed by atoms with van der Waals surface area (Å²) in [6.45, 7) is 3.76. The minimum atomic E-state index is -0.700. The molecule has 0 N–H and O–H groups in total. The average Bonchev–Trinajstić information content (AvgIpc) is 3.08. The highest BCUT2D eigenvalue weighted by Crippen LogP contribution is 2.30. The van der Waals surface area contributed by atoms with Gasteiger partial charge in [-0.3, -0.25) is 0 Å². The number of fused-ring (bicyclic) bond motifs is 2. The van der Waals surface area contributed by atoms with Crippen LogP contribution in [0.2, 0.25) is 0 Å². The molecule has 6 heterocycles. The Morgan fingerprint density at radius 1 is 0.413 bits per heavy atom. The highest BCUT2D eigenvalue weighted by atomic mass is 16.6. The Morgan fingerprint density at radius 3 is 1.20 bits per heavy atom. The number of aromatic nitrogens is 1. The number of esters is 2. The molecule has 2 aromatic carbocycles. The van der Waals surface area contributed by atoms with Gasteiger partial charge < -0.3 is 47.4 Å². The molecule has 246 valence electrons. The minimum Gasteiger partial charge on any atom is -0.487 e. The Labute approximate surface area is 266 Å². The number of carbonyl (C=O) groups is 2. The van der Waals surface area contributed by atoms with Crippen LogP contribution in [0.25, 0.3) is 0 Å². The molecule has 5 aliphatic rings. The molecule has 0 radical (unpaired) electrons. The second-order valence-electron chi connectivity index (χ2n) is 9.97. The van der Waals surface area contributed by atoms with Gasteiger partial charge in [0.2, 0.25) is 0 Å². The molecular weight excluding hydrogens is 602 g/mol. The van der Waals surface area contributed by atoms with Crippen molar-refractivity contribution in [2.24, 2.45) is 0 Å². The maximum absolute atomic E-state index is 12.8. The Hall–Kier alpha value is -4.43. The van der Waals surface area contributed by atoms with Crippen LogP contribution in [0.1, 0.15) is 32.1 Å². The van der Waals surface area contributed by atoms with Crippen LogP contribution in [0, 0.1) is 0 Å². The largest absolute Gasteiger partial charge is 0.487 e.